The molecule has 5 heteroatoms. The smallest absolute Gasteiger partial charge is 0.169 e. The SMILES string of the molecule is Cc1cc(F)c(C(N)c2cc3cccc(F)c3o2)cc1F. The molecular weight excluding hydrogens is 279 g/mol. The number of aryl methyl sites for hydroxylation is 1. The van der Waals surface area contributed by atoms with Crippen molar-refractivity contribution < 1.29 is 17.6 Å². The van der Waals surface area contributed by atoms with Crippen LogP contribution in [0.25, 0.3) is 11.0 Å². The zero-order chi connectivity index (χ0) is 15.1. The van der Waals surface area contributed by atoms with E-state index in [1.165, 1.54) is 25.1 Å². The molecule has 21 heavy (non-hydrogen) atoms. The first-order valence-electron chi connectivity index (χ1n) is 6.36. The molecule has 3 aromatic rings. The molecule has 0 fully saturated rings. The van der Waals surface area contributed by atoms with Crippen molar-refractivity contribution in [3.63, 3.8) is 0 Å². The summed E-state index contributed by atoms with van der Waals surface area (Å²) in [4.78, 5) is 0. The monoisotopic (exact) mass is 291 g/mol. The van der Waals surface area contributed by atoms with Crippen molar-refractivity contribution >= 4 is 11.0 Å². The van der Waals surface area contributed by atoms with Gasteiger partial charge in [0.1, 0.15) is 17.4 Å². The Kier molecular flexibility index (Phi) is 3.22. The standard InChI is InChI=1S/C16H12F3NO/c1-8-5-13(19)10(7-12(8)18)15(20)14-6-9-3-2-4-11(17)16(9)21-14/h2-7,15H,20H2,1H3. The summed E-state index contributed by atoms with van der Waals surface area (Å²) in [6, 6.07) is 7.09. The van der Waals surface area contributed by atoms with Gasteiger partial charge in [0, 0.05) is 10.9 Å². The van der Waals surface area contributed by atoms with Crippen LogP contribution in [0.15, 0.2) is 40.8 Å². The molecule has 0 bridgehead atoms. The maximum Gasteiger partial charge on any atom is 0.169 e. The molecule has 2 nitrogen and oxygen atoms in total. The highest BCUT2D eigenvalue weighted by Crippen LogP contribution is 2.30. The van der Waals surface area contributed by atoms with Gasteiger partial charge < -0.3 is 10.2 Å². The molecule has 0 aliphatic heterocycles. The minimum absolute atomic E-state index is 0.0300. The van der Waals surface area contributed by atoms with Gasteiger partial charge >= 0.3 is 0 Å². The molecule has 1 aromatic heterocycles. The van der Waals surface area contributed by atoms with Crippen molar-refractivity contribution in [2.45, 2.75) is 13.0 Å². The van der Waals surface area contributed by atoms with Crippen LogP contribution in [-0.2, 0) is 0 Å². The quantitative estimate of drug-likeness (QED) is 0.768. The molecule has 108 valence electrons. The van der Waals surface area contributed by atoms with E-state index in [1.807, 2.05) is 0 Å². The van der Waals surface area contributed by atoms with Crippen molar-refractivity contribution in [1.29, 1.82) is 0 Å². The Balaban J connectivity index is 2.10. The second-order valence-electron chi connectivity index (χ2n) is 4.91. The van der Waals surface area contributed by atoms with Crippen molar-refractivity contribution in [2.24, 2.45) is 5.73 Å². The highest BCUT2D eigenvalue weighted by Gasteiger charge is 2.20. The van der Waals surface area contributed by atoms with Crippen LogP contribution in [0.4, 0.5) is 13.2 Å². The summed E-state index contributed by atoms with van der Waals surface area (Å²) in [6.45, 7) is 1.46. The lowest BCUT2D eigenvalue weighted by atomic mass is 10.0. The lowest BCUT2D eigenvalue weighted by Crippen LogP contribution is -2.13. The molecule has 2 aromatic carbocycles. The predicted octanol–water partition coefficient (Wildman–Crippen LogP) is 4.21. The van der Waals surface area contributed by atoms with E-state index in [2.05, 4.69) is 0 Å². The van der Waals surface area contributed by atoms with Gasteiger partial charge in [-0.3, -0.25) is 0 Å². The fourth-order valence-electron chi connectivity index (χ4n) is 2.25. The van der Waals surface area contributed by atoms with Crippen LogP contribution in [0.1, 0.15) is 22.9 Å². The van der Waals surface area contributed by atoms with Crippen molar-refractivity contribution in [3.05, 3.63) is 70.7 Å². The highest BCUT2D eigenvalue weighted by molar-refractivity contribution is 5.78. The fraction of sp³-hybridized carbons (Fsp3) is 0.125. The van der Waals surface area contributed by atoms with Crippen molar-refractivity contribution in [3.8, 4) is 0 Å². The van der Waals surface area contributed by atoms with E-state index in [-0.39, 0.29) is 22.5 Å². The van der Waals surface area contributed by atoms with Crippen molar-refractivity contribution in [1.82, 2.24) is 0 Å². The lowest BCUT2D eigenvalue weighted by molar-refractivity contribution is 0.489. The molecule has 3 rings (SSSR count). The Morgan fingerprint density at radius 3 is 2.48 bits per heavy atom. The molecule has 1 atom stereocenters. The summed E-state index contributed by atoms with van der Waals surface area (Å²) >= 11 is 0. The summed E-state index contributed by atoms with van der Waals surface area (Å²) in [5.74, 6) is -1.52. The molecule has 0 saturated carbocycles. The first-order valence-corrected chi connectivity index (χ1v) is 6.36. The average molecular weight is 291 g/mol. The molecule has 0 aliphatic rings. The zero-order valence-electron chi connectivity index (χ0n) is 11.2. The maximum atomic E-state index is 13.9. The summed E-state index contributed by atoms with van der Waals surface area (Å²) in [6.07, 6.45) is 0. The van der Waals surface area contributed by atoms with E-state index in [1.54, 1.807) is 6.07 Å². The van der Waals surface area contributed by atoms with Crippen LogP contribution in [0, 0.1) is 24.4 Å². The van der Waals surface area contributed by atoms with Crippen LogP contribution < -0.4 is 5.73 Å². The van der Waals surface area contributed by atoms with Crippen LogP contribution in [0.5, 0.6) is 0 Å². The van der Waals surface area contributed by atoms with Gasteiger partial charge in [-0.05, 0) is 36.8 Å². The zero-order valence-corrected chi connectivity index (χ0v) is 11.2. The highest BCUT2D eigenvalue weighted by atomic mass is 19.1. The maximum absolute atomic E-state index is 13.9. The molecule has 0 spiro atoms. The van der Waals surface area contributed by atoms with Gasteiger partial charge in [0.05, 0.1) is 6.04 Å². The number of benzene rings is 2. The third-order valence-corrected chi connectivity index (χ3v) is 3.43. The third kappa shape index (κ3) is 2.29. The molecule has 1 unspecified atom stereocenters. The van der Waals surface area contributed by atoms with Gasteiger partial charge in [-0.15, -0.1) is 0 Å². The lowest BCUT2D eigenvalue weighted by Gasteiger charge is -2.11. The Morgan fingerprint density at radius 1 is 1.00 bits per heavy atom. The van der Waals surface area contributed by atoms with E-state index in [9.17, 15) is 13.2 Å². The van der Waals surface area contributed by atoms with E-state index < -0.39 is 23.5 Å². The average Bonchev–Trinajstić information content (AvgIpc) is 2.87. The second-order valence-corrected chi connectivity index (χ2v) is 4.91. The van der Waals surface area contributed by atoms with Crippen molar-refractivity contribution in [2.75, 3.05) is 0 Å². The van der Waals surface area contributed by atoms with E-state index in [0.29, 0.717) is 5.39 Å². The summed E-state index contributed by atoms with van der Waals surface area (Å²) < 4.78 is 46.5. The van der Waals surface area contributed by atoms with E-state index in [0.717, 1.165) is 12.1 Å². The first kappa shape index (κ1) is 13.7. The minimum Gasteiger partial charge on any atom is -0.456 e. The number of nitrogens with two attached hydrogens (primary N) is 1. The molecule has 0 radical (unpaired) electrons. The second kappa shape index (κ2) is 4.93. The molecular formula is C16H12F3NO. The Bertz CT molecular complexity index is 826. The number of halogens is 3. The number of hydrogen-bond donors (Lipinski definition) is 1. The number of hydrogen-bond acceptors (Lipinski definition) is 2. The first-order chi connectivity index (χ1) is 9.97. The summed E-state index contributed by atoms with van der Waals surface area (Å²) in [7, 11) is 0. The van der Waals surface area contributed by atoms with Gasteiger partial charge in [0.2, 0.25) is 0 Å². The summed E-state index contributed by atoms with van der Waals surface area (Å²) in [5.41, 5.74) is 6.14. The number of fused-ring (bicyclic) bond motifs is 1. The topological polar surface area (TPSA) is 39.2 Å². The van der Waals surface area contributed by atoms with E-state index >= 15 is 0 Å². The molecule has 0 saturated heterocycles. The molecule has 0 aliphatic carbocycles. The normalized spacial score (nSPS) is 12.8. The van der Waals surface area contributed by atoms with Gasteiger partial charge in [-0.25, -0.2) is 13.2 Å². The van der Waals surface area contributed by atoms with Crippen LogP contribution in [0.2, 0.25) is 0 Å². The van der Waals surface area contributed by atoms with Gasteiger partial charge in [0.15, 0.2) is 11.4 Å². The summed E-state index contributed by atoms with van der Waals surface area (Å²) in [5, 5.41) is 0.522. The fourth-order valence-corrected chi connectivity index (χ4v) is 2.25. The van der Waals surface area contributed by atoms with E-state index in [4.69, 9.17) is 10.2 Å². The molecule has 0 amide bonds. The number of para-hydroxylation sites is 1. The van der Waals surface area contributed by atoms with Crippen LogP contribution in [-0.4, -0.2) is 0 Å². The van der Waals surface area contributed by atoms with Gasteiger partial charge in [-0.2, -0.15) is 0 Å². The number of rotatable bonds is 2. The van der Waals surface area contributed by atoms with Gasteiger partial charge in [-0.1, -0.05) is 12.1 Å². The molecule has 1 heterocycles. The van der Waals surface area contributed by atoms with Crippen LogP contribution in [0.3, 0.4) is 0 Å². The third-order valence-electron chi connectivity index (χ3n) is 3.43. The Hall–Kier alpha value is -2.27. The predicted molar refractivity (Wildman–Crippen MR) is 73.3 cm³/mol. The largest absolute Gasteiger partial charge is 0.456 e. The minimum atomic E-state index is -1.01. The number of furan rings is 1. The van der Waals surface area contributed by atoms with Crippen LogP contribution >= 0.6 is 0 Å². The Morgan fingerprint density at radius 2 is 1.76 bits per heavy atom. The molecule has 2 N–H and O–H groups in total. The van der Waals surface area contributed by atoms with Gasteiger partial charge in [0.25, 0.3) is 0 Å². The Labute approximate surface area is 119 Å².